The molecule has 2 aromatic carbocycles. The Kier molecular flexibility index (Phi) is 4.11. The van der Waals surface area contributed by atoms with Crippen molar-refractivity contribution >= 4 is 17.3 Å². The number of para-hydroxylation sites is 1. The predicted octanol–water partition coefficient (Wildman–Crippen LogP) is 4.06. The maximum Gasteiger partial charge on any atom is 0.138 e. The van der Waals surface area contributed by atoms with E-state index in [1.807, 2.05) is 36.4 Å². The van der Waals surface area contributed by atoms with Crippen LogP contribution in [-0.2, 0) is 13.0 Å². The highest BCUT2D eigenvalue weighted by Gasteiger charge is 2.07. The molecule has 0 saturated heterocycles. The molecule has 0 radical (unpaired) electrons. The fraction of sp³-hybridized carbons (Fsp3) is 0.200. The predicted molar refractivity (Wildman–Crippen MR) is 76.0 cm³/mol. The molecular weight excluding hydrogens is 246 g/mol. The van der Waals surface area contributed by atoms with Crippen molar-refractivity contribution < 1.29 is 4.74 Å². The normalized spacial score (nSPS) is 10.3. The number of rotatable bonds is 4. The average molecular weight is 262 g/mol. The van der Waals surface area contributed by atoms with Crippen molar-refractivity contribution in [3.8, 4) is 5.75 Å². The Morgan fingerprint density at radius 3 is 2.61 bits per heavy atom. The van der Waals surface area contributed by atoms with Crippen LogP contribution in [0.5, 0.6) is 5.75 Å². The minimum atomic E-state index is 0.444. The third kappa shape index (κ3) is 2.77. The Morgan fingerprint density at radius 1 is 1.11 bits per heavy atom. The monoisotopic (exact) mass is 261 g/mol. The number of aryl methyl sites for hydroxylation is 1. The maximum absolute atomic E-state index is 6.05. The molecule has 0 heterocycles. The molecule has 0 amide bonds. The molecule has 2 rings (SSSR count). The average Bonchev–Trinajstić information content (AvgIpc) is 2.39. The van der Waals surface area contributed by atoms with Gasteiger partial charge in [-0.25, -0.2) is 0 Å². The Balaban J connectivity index is 2.18. The summed E-state index contributed by atoms with van der Waals surface area (Å²) in [5.41, 5.74) is 9.00. The number of anilines is 1. The molecule has 0 atom stereocenters. The maximum atomic E-state index is 6.05. The zero-order valence-corrected chi connectivity index (χ0v) is 11.1. The van der Waals surface area contributed by atoms with Crippen LogP contribution in [0, 0.1) is 0 Å². The van der Waals surface area contributed by atoms with Crippen molar-refractivity contribution in [1.82, 2.24) is 0 Å². The Bertz CT molecular complexity index is 540. The SMILES string of the molecule is CCc1cccc(N)c1COc1ccccc1Cl. The highest BCUT2D eigenvalue weighted by molar-refractivity contribution is 6.32. The van der Waals surface area contributed by atoms with Crippen LogP contribution in [0.1, 0.15) is 18.1 Å². The van der Waals surface area contributed by atoms with Crippen molar-refractivity contribution in [3.63, 3.8) is 0 Å². The van der Waals surface area contributed by atoms with Crippen molar-refractivity contribution in [3.05, 3.63) is 58.6 Å². The summed E-state index contributed by atoms with van der Waals surface area (Å²) in [6.45, 7) is 2.55. The molecule has 0 aliphatic heterocycles. The van der Waals surface area contributed by atoms with E-state index in [1.54, 1.807) is 0 Å². The minimum Gasteiger partial charge on any atom is -0.487 e. The van der Waals surface area contributed by atoms with Crippen molar-refractivity contribution in [2.75, 3.05) is 5.73 Å². The molecule has 0 aliphatic carbocycles. The first-order valence-electron chi connectivity index (χ1n) is 5.96. The first-order valence-corrected chi connectivity index (χ1v) is 6.33. The quantitative estimate of drug-likeness (QED) is 0.843. The third-order valence-corrected chi connectivity index (χ3v) is 3.21. The lowest BCUT2D eigenvalue weighted by atomic mass is 10.0. The zero-order valence-electron chi connectivity index (χ0n) is 10.3. The Labute approximate surface area is 112 Å². The molecule has 0 spiro atoms. The van der Waals surface area contributed by atoms with E-state index in [9.17, 15) is 0 Å². The molecule has 0 unspecified atom stereocenters. The standard InChI is InChI=1S/C15H16ClNO/c1-2-11-6-5-8-14(17)12(11)10-18-15-9-4-3-7-13(15)16/h3-9H,2,10,17H2,1H3. The van der Waals surface area contributed by atoms with Gasteiger partial charge in [-0.05, 0) is 30.2 Å². The van der Waals surface area contributed by atoms with Gasteiger partial charge < -0.3 is 10.5 Å². The van der Waals surface area contributed by atoms with Crippen LogP contribution >= 0.6 is 11.6 Å². The fourth-order valence-corrected chi connectivity index (χ4v) is 2.06. The lowest BCUT2D eigenvalue weighted by molar-refractivity contribution is 0.306. The van der Waals surface area contributed by atoms with E-state index in [1.165, 1.54) is 5.56 Å². The van der Waals surface area contributed by atoms with Gasteiger partial charge in [0.15, 0.2) is 0 Å². The van der Waals surface area contributed by atoms with E-state index >= 15 is 0 Å². The number of hydrogen-bond acceptors (Lipinski definition) is 2. The molecule has 0 saturated carbocycles. The second kappa shape index (κ2) is 5.78. The van der Waals surface area contributed by atoms with Gasteiger partial charge in [0.25, 0.3) is 0 Å². The van der Waals surface area contributed by atoms with E-state index in [4.69, 9.17) is 22.1 Å². The molecule has 2 N–H and O–H groups in total. The highest BCUT2D eigenvalue weighted by atomic mass is 35.5. The molecule has 94 valence electrons. The second-order valence-corrected chi connectivity index (χ2v) is 4.46. The van der Waals surface area contributed by atoms with Crippen molar-refractivity contribution in [2.45, 2.75) is 20.0 Å². The van der Waals surface area contributed by atoms with Crippen molar-refractivity contribution in [1.29, 1.82) is 0 Å². The molecule has 0 aliphatic rings. The smallest absolute Gasteiger partial charge is 0.138 e. The van der Waals surface area contributed by atoms with Crippen LogP contribution in [-0.4, -0.2) is 0 Å². The van der Waals surface area contributed by atoms with Crippen LogP contribution in [0.4, 0.5) is 5.69 Å². The Morgan fingerprint density at radius 2 is 1.89 bits per heavy atom. The van der Waals surface area contributed by atoms with Gasteiger partial charge in [-0.2, -0.15) is 0 Å². The van der Waals surface area contributed by atoms with Crippen LogP contribution < -0.4 is 10.5 Å². The second-order valence-electron chi connectivity index (χ2n) is 4.06. The number of benzene rings is 2. The summed E-state index contributed by atoms with van der Waals surface area (Å²) in [4.78, 5) is 0. The highest BCUT2D eigenvalue weighted by Crippen LogP contribution is 2.26. The van der Waals surface area contributed by atoms with E-state index in [0.717, 1.165) is 17.7 Å². The molecule has 3 heteroatoms. The largest absolute Gasteiger partial charge is 0.487 e. The molecule has 2 aromatic rings. The van der Waals surface area contributed by atoms with Gasteiger partial charge >= 0.3 is 0 Å². The lowest BCUT2D eigenvalue weighted by Gasteiger charge is -2.13. The van der Waals surface area contributed by atoms with Crippen molar-refractivity contribution in [2.24, 2.45) is 0 Å². The van der Waals surface area contributed by atoms with Crippen LogP contribution in [0.15, 0.2) is 42.5 Å². The first-order chi connectivity index (χ1) is 8.72. The number of nitrogen functional groups attached to an aromatic ring is 1. The molecule has 18 heavy (non-hydrogen) atoms. The number of hydrogen-bond donors (Lipinski definition) is 1. The van der Waals surface area contributed by atoms with Gasteiger partial charge in [-0.3, -0.25) is 0 Å². The summed E-state index contributed by atoms with van der Waals surface area (Å²) in [6, 6.07) is 13.4. The summed E-state index contributed by atoms with van der Waals surface area (Å²) in [5, 5.41) is 0.616. The van der Waals surface area contributed by atoms with E-state index in [-0.39, 0.29) is 0 Å². The van der Waals surface area contributed by atoms with Crippen LogP contribution in [0.2, 0.25) is 5.02 Å². The van der Waals surface area contributed by atoms with E-state index in [0.29, 0.717) is 17.4 Å². The van der Waals surface area contributed by atoms with Gasteiger partial charge in [0, 0.05) is 11.3 Å². The number of ether oxygens (including phenoxy) is 1. The van der Waals surface area contributed by atoms with Gasteiger partial charge in [-0.15, -0.1) is 0 Å². The molecule has 0 bridgehead atoms. The third-order valence-electron chi connectivity index (χ3n) is 2.90. The number of nitrogens with two attached hydrogens (primary N) is 1. The molecule has 0 aromatic heterocycles. The first kappa shape index (κ1) is 12.8. The molecular formula is C15H16ClNO. The summed E-state index contributed by atoms with van der Waals surface area (Å²) in [7, 11) is 0. The lowest BCUT2D eigenvalue weighted by Crippen LogP contribution is -2.04. The van der Waals surface area contributed by atoms with Crippen LogP contribution in [0.25, 0.3) is 0 Å². The summed E-state index contributed by atoms with van der Waals surface area (Å²) >= 11 is 6.05. The van der Waals surface area contributed by atoms with Gasteiger partial charge in [0.05, 0.1) is 5.02 Å². The topological polar surface area (TPSA) is 35.2 Å². The van der Waals surface area contributed by atoms with Gasteiger partial charge in [0.1, 0.15) is 12.4 Å². The van der Waals surface area contributed by atoms with Crippen LogP contribution in [0.3, 0.4) is 0 Å². The fourth-order valence-electron chi connectivity index (χ4n) is 1.87. The summed E-state index contributed by atoms with van der Waals surface area (Å²) in [5.74, 6) is 0.685. The van der Waals surface area contributed by atoms with E-state index < -0.39 is 0 Å². The summed E-state index contributed by atoms with van der Waals surface area (Å²) < 4.78 is 5.73. The summed E-state index contributed by atoms with van der Waals surface area (Å²) in [6.07, 6.45) is 0.937. The minimum absolute atomic E-state index is 0.444. The van der Waals surface area contributed by atoms with E-state index in [2.05, 4.69) is 13.0 Å². The molecule has 0 fully saturated rings. The zero-order chi connectivity index (χ0) is 13.0. The molecule has 2 nitrogen and oxygen atoms in total. The number of halogens is 1. The van der Waals surface area contributed by atoms with Gasteiger partial charge in [0.2, 0.25) is 0 Å². The Hall–Kier alpha value is -1.67. The van der Waals surface area contributed by atoms with Gasteiger partial charge in [-0.1, -0.05) is 42.8 Å².